The van der Waals surface area contributed by atoms with Crippen LogP contribution in [0.2, 0.25) is 0 Å². The van der Waals surface area contributed by atoms with Crippen molar-refractivity contribution >= 4 is 5.97 Å². The molecule has 0 unspecified atom stereocenters. The molecule has 0 aromatic heterocycles. The second kappa shape index (κ2) is 6.64. The molecule has 2 heterocycles. The van der Waals surface area contributed by atoms with Crippen LogP contribution in [0.4, 0.5) is 0 Å². The summed E-state index contributed by atoms with van der Waals surface area (Å²) in [6, 6.07) is 20.5. The molecule has 2 fully saturated rings. The van der Waals surface area contributed by atoms with Crippen molar-refractivity contribution in [1.82, 2.24) is 4.90 Å². The third-order valence-corrected chi connectivity index (χ3v) is 5.70. The van der Waals surface area contributed by atoms with Gasteiger partial charge in [-0.15, -0.1) is 0 Å². The van der Waals surface area contributed by atoms with Crippen LogP contribution in [0.15, 0.2) is 60.7 Å². The zero-order chi connectivity index (χ0) is 17.3. The van der Waals surface area contributed by atoms with Gasteiger partial charge in [0, 0.05) is 6.54 Å². The molecule has 25 heavy (non-hydrogen) atoms. The number of benzene rings is 2. The zero-order valence-corrected chi connectivity index (χ0v) is 14.7. The number of carbonyl (C=O) groups excluding carboxylic acids is 1. The van der Waals surface area contributed by atoms with E-state index in [0.29, 0.717) is 18.4 Å². The van der Waals surface area contributed by atoms with Gasteiger partial charge in [0.05, 0.1) is 12.5 Å². The maximum atomic E-state index is 12.7. The fourth-order valence-corrected chi connectivity index (χ4v) is 4.32. The van der Waals surface area contributed by atoms with E-state index in [1.807, 2.05) is 48.5 Å². The standard InChI is InChI=1S/C22H25NO2/c1-17-12-13-23-16-22(20(23)14-17,19-10-6-3-7-11-19)25-21(24)15-18-8-4-2-5-9-18/h2-11,17,20H,12-16H2,1H3/t17-,20+,22-/m0/s1. The number of rotatable bonds is 4. The van der Waals surface area contributed by atoms with Gasteiger partial charge in [-0.2, -0.15) is 0 Å². The van der Waals surface area contributed by atoms with E-state index in [1.54, 1.807) is 0 Å². The van der Waals surface area contributed by atoms with Crippen LogP contribution in [0.5, 0.6) is 0 Å². The summed E-state index contributed by atoms with van der Waals surface area (Å²) in [5.74, 6) is 0.547. The maximum absolute atomic E-state index is 12.7. The Labute approximate surface area is 149 Å². The lowest BCUT2D eigenvalue weighted by Crippen LogP contribution is -2.70. The lowest BCUT2D eigenvalue weighted by Gasteiger charge is -2.59. The Bertz CT molecular complexity index is 730. The molecule has 2 aliphatic rings. The number of carbonyl (C=O) groups is 1. The van der Waals surface area contributed by atoms with Crippen LogP contribution in [-0.4, -0.2) is 30.0 Å². The Morgan fingerprint density at radius 2 is 1.80 bits per heavy atom. The van der Waals surface area contributed by atoms with Gasteiger partial charge in [0.2, 0.25) is 0 Å². The van der Waals surface area contributed by atoms with Gasteiger partial charge in [0.1, 0.15) is 0 Å². The molecular weight excluding hydrogens is 310 g/mol. The highest BCUT2D eigenvalue weighted by Gasteiger charge is 2.57. The van der Waals surface area contributed by atoms with Crippen molar-refractivity contribution in [1.29, 1.82) is 0 Å². The van der Waals surface area contributed by atoms with E-state index < -0.39 is 5.60 Å². The largest absolute Gasteiger partial charge is 0.451 e. The van der Waals surface area contributed by atoms with Gasteiger partial charge in [-0.3, -0.25) is 9.69 Å². The first-order chi connectivity index (χ1) is 12.2. The molecule has 3 atom stereocenters. The second-order valence-electron chi connectivity index (χ2n) is 7.51. The van der Waals surface area contributed by atoms with Gasteiger partial charge in [0.15, 0.2) is 5.60 Å². The molecule has 4 rings (SSSR count). The number of ether oxygens (including phenoxy) is 1. The number of fused-ring (bicyclic) bond motifs is 1. The molecule has 130 valence electrons. The van der Waals surface area contributed by atoms with Crippen molar-refractivity contribution in [2.45, 2.75) is 37.8 Å². The van der Waals surface area contributed by atoms with Crippen molar-refractivity contribution in [2.75, 3.05) is 13.1 Å². The quantitative estimate of drug-likeness (QED) is 0.796. The number of hydrogen-bond acceptors (Lipinski definition) is 3. The molecule has 0 bridgehead atoms. The minimum atomic E-state index is -0.484. The van der Waals surface area contributed by atoms with Gasteiger partial charge < -0.3 is 4.74 Å². The number of nitrogens with zero attached hydrogens (tertiary/aromatic N) is 1. The third kappa shape index (κ3) is 3.09. The number of piperidine rings is 1. The van der Waals surface area contributed by atoms with Crippen molar-refractivity contribution < 1.29 is 9.53 Å². The molecule has 2 aromatic rings. The summed E-state index contributed by atoms with van der Waals surface area (Å²) in [7, 11) is 0. The Kier molecular flexibility index (Phi) is 4.34. The van der Waals surface area contributed by atoms with Gasteiger partial charge in [0.25, 0.3) is 0 Å². The Morgan fingerprint density at radius 1 is 1.12 bits per heavy atom. The van der Waals surface area contributed by atoms with Gasteiger partial charge >= 0.3 is 5.97 Å². The first-order valence-electron chi connectivity index (χ1n) is 9.23. The molecule has 3 heteroatoms. The monoisotopic (exact) mass is 335 g/mol. The molecular formula is C22H25NO2. The fraction of sp³-hybridized carbons (Fsp3) is 0.409. The molecule has 0 spiro atoms. The van der Waals surface area contributed by atoms with Crippen LogP contribution in [-0.2, 0) is 21.6 Å². The highest BCUT2D eigenvalue weighted by atomic mass is 16.6. The van der Waals surface area contributed by atoms with Crippen molar-refractivity contribution in [3.05, 3.63) is 71.8 Å². The molecule has 0 saturated carbocycles. The predicted molar refractivity (Wildman–Crippen MR) is 98.1 cm³/mol. The van der Waals surface area contributed by atoms with Crippen molar-refractivity contribution in [3.63, 3.8) is 0 Å². The van der Waals surface area contributed by atoms with Crippen molar-refractivity contribution in [3.8, 4) is 0 Å². The van der Waals surface area contributed by atoms with E-state index in [1.165, 1.54) is 6.42 Å². The third-order valence-electron chi connectivity index (χ3n) is 5.70. The van der Waals surface area contributed by atoms with E-state index >= 15 is 0 Å². The van der Waals surface area contributed by atoms with E-state index in [4.69, 9.17) is 4.74 Å². The minimum absolute atomic E-state index is 0.132. The second-order valence-corrected chi connectivity index (χ2v) is 7.51. The summed E-state index contributed by atoms with van der Waals surface area (Å²) in [5.41, 5.74) is 1.65. The van der Waals surface area contributed by atoms with E-state index in [9.17, 15) is 4.79 Å². The summed E-state index contributed by atoms with van der Waals surface area (Å²) in [4.78, 5) is 15.2. The highest BCUT2D eigenvalue weighted by molar-refractivity contribution is 5.73. The molecule has 2 saturated heterocycles. The molecule has 0 amide bonds. The highest BCUT2D eigenvalue weighted by Crippen LogP contribution is 2.47. The first-order valence-corrected chi connectivity index (χ1v) is 9.23. The molecule has 2 aliphatic heterocycles. The van der Waals surface area contributed by atoms with Crippen molar-refractivity contribution in [2.24, 2.45) is 5.92 Å². The molecule has 3 nitrogen and oxygen atoms in total. The lowest BCUT2D eigenvalue weighted by atomic mass is 9.71. The van der Waals surface area contributed by atoms with E-state index in [-0.39, 0.29) is 5.97 Å². The summed E-state index contributed by atoms with van der Waals surface area (Å²) in [5, 5.41) is 0. The average Bonchev–Trinajstić information content (AvgIpc) is 2.63. The minimum Gasteiger partial charge on any atom is -0.451 e. The topological polar surface area (TPSA) is 29.5 Å². The summed E-state index contributed by atoms with van der Waals surface area (Å²) < 4.78 is 6.20. The molecule has 0 aliphatic carbocycles. The Balaban J connectivity index is 1.58. The van der Waals surface area contributed by atoms with Crippen LogP contribution in [0.1, 0.15) is 30.9 Å². The molecule has 2 aromatic carbocycles. The predicted octanol–water partition coefficient (Wildman–Crippen LogP) is 3.78. The van der Waals surface area contributed by atoms with Gasteiger partial charge in [-0.25, -0.2) is 0 Å². The Morgan fingerprint density at radius 3 is 2.52 bits per heavy atom. The first kappa shape index (κ1) is 16.3. The maximum Gasteiger partial charge on any atom is 0.311 e. The zero-order valence-electron chi connectivity index (χ0n) is 14.7. The number of esters is 1. The fourth-order valence-electron chi connectivity index (χ4n) is 4.32. The number of hydrogen-bond donors (Lipinski definition) is 0. The Hall–Kier alpha value is -2.13. The summed E-state index contributed by atoms with van der Waals surface area (Å²) in [6.45, 7) is 4.22. The molecule has 0 radical (unpaired) electrons. The van der Waals surface area contributed by atoms with Crippen LogP contribution in [0.25, 0.3) is 0 Å². The van der Waals surface area contributed by atoms with Crippen LogP contribution < -0.4 is 0 Å². The average molecular weight is 335 g/mol. The van der Waals surface area contributed by atoms with Gasteiger partial charge in [-0.1, -0.05) is 67.6 Å². The van der Waals surface area contributed by atoms with E-state index in [0.717, 1.165) is 30.6 Å². The van der Waals surface area contributed by atoms with Crippen LogP contribution in [0, 0.1) is 5.92 Å². The van der Waals surface area contributed by atoms with E-state index in [2.05, 4.69) is 24.0 Å². The summed E-state index contributed by atoms with van der Waals surface area (Å²) >= 11 is 0. The smallest absolute Gasteiger partial charge is 0.311 e. The van der Waals surface area contributed by atoms with Gasteiger partial charge in [-0.05, 0) is 36.4 Å². The van der Waals surface area contributed by atoms with Crippen LogP contribution >= 0.6 is 0 Å². The summed E-state index contributed by atoms with van der Waals surface area (Å²) in [6.07, 6.45) is 2.66. The molecule has 0 N–H and O–H groups in total. The SMILES string of the molecule is C[C@H]1CCN2C[C@](OC(=O)Cc3ccccc3)(c3ccccc3)[C@H]2C1. The lowest BCUT2D eigenvalue weighted by molar-refractivity contribution is -0.214. The normalized spacial score (nSPS) is 28.7. The van der Waals surface area contributed by atoms with Crippen LogP contribution in [0.3, 0.4) is 0 Å².